The predicted molar refractivity (Wildman–Crippen MR) is 115 cm³/mol. The quantitative estimate of drug-likeness (QED) is 0.739. The van der Waals surface area contributed by atoms with Crippen molar-refractivity contribution in [1.82, 2.24) is 19.8 Å². The minimum absolute atomic E-state index is 0.0734. The molecular weight excluding hydrogens is 344 g/mol. The van der Waals surface area contributed by atoms with E-state index in [2.05, 4.69) is 83.2 Å². The van der Waals surface area contributed by atoms with E-state index in [0.717, 1.165) is 31.7 Å². The van der Waals surface area contributed by atoms with Crippen LogP contribution in [0.1, 0.15) is 50.0 Å². The van der Waals surface area contributed by atoms with Gasteiger partial charge in [0.2, 0.25) is 0 Å². The summed E-state index contributed by atoms with van der Waals surface area (Å²) < 4.78 is 2.58. The van der Waals surface area contributed by atoms with E-state index in [0.29, 0.717) is 12.0 Å². The number of aromatic nitrogens is 2. The van der Waals surface area contributed by atoms with Crippen molar-refractivity contribution in [3.05, 3.63) is 66.0 Å². The van der Waals surface area contributed by atoms with Gasteiger partial charge in [0, 0.05) is 43.7 Å². The Morgan fingerprint density at radius 1 is 0.929 bits per heavy atom. The van der Waals surface area contributed by atoms with E-state index in [1.54, 1.807) is 0 Å². The van der Waals surface area contributed by atoms with Crippen molar-refractivity contribution in [3.8, 4) is 0 Å². The normalized spacial score (nSPS) is 19.8. The summed E-state index contributed by atoms with van der Waals surface area (Å²) in [6.45, 7) is 9.09. The second-order valence-electron chi connectivity index (χ2n) is 8.83. The van der Waals surface area contributed by atoms with Crippen LogP contribution in [0.25, 0.3) is 11.0 Å². The SMILES string of the molecule is CC(C)(c1ccccc1)N1CCC(n2c(C3CNC3)nc3ccccc32)CC1. The van der Waals surface area contributed by atoms with Gasteiger partial charge in [-0.3, -0.25) is 4.90 Å². The van der Waals surface area contributed by atoms with E-state index >= 15 is 0 Å². The molecule has 1 N–H and O–H groups in total. The third kappa shape index (κ3) is 2.96. The highest BCUT2D eigenvalue weighted by molar-refractivity contribution is 5.76. The molecule has 0 amide bonds. The zero-order chi connectivity index (χ0) is 19.1. The molecule has 0 radical (unpaired) electrons. The average Bonchev–Trinajstić information content (AvgIpc) is 3.06. The Bertz CT molecular complexity index is 947. The Balaban J connectivity index is 1.40. The zero-order valence-electron chi connectivity index (χ0n) is 16.9. The highest BCUT2D eigenvalue weighted by Gasteiger charge is 2.34. The van der Waals surface area contributed by atoms with Crippen molar-refractivity contribution in [1.29, 1.82) is 0 Å². The average molecular weight is 375 g/mol. The van der Waals surface area contributed by atoms with Gasteiger partial charge in [-0.2, -0.15) is 0 Å². The highest BCUT2D eigenvalue weighted by atomic mass is 15.2. The van der Waals surface area contributed by atoms with Crippen molar-refractivity contribution >= 4 is 11.0 Å². The minimum Gasteiger partial charge on any atom is -0.324 e. The third-order valence-electron chi connectivity index (χ3n) is 6.87. The lowest BCUT2D eigenvalue weighted by Crippen LogP contribution is -2.47. The summed E-state index contributed by atoms with van der Waals surface area (Å²) in [6, 6.07) is 20.1. The van der Waals surface area contributed by atoms with Gasteiger partial charge in [-0.1, -0.05) is 42.5 Å². The second kappa shape index (κ2) is 7.02. The van der Waals surface area contributed by atoms with E-state index in [1.165, 1.54) is 29.7 Å². The van der Waals surface area contributed by atoms with Crippen LogP contribution in [-0.2, 0) is 5.54 Å². The molecule has 2 aromatic carbocycles. The molecule has 4 nitrogen and oxygen atoms in total. The second-order valence-corrected chi connectivity index (χ2v) is 8.83. The Labute approximate surface area is 167 Å². The molecule has 0 atom stereocenters. The largest absolute Gasteiger partial charge is 0.324 e. The maximum absolute atomic E-state index is 5.03. The van der Waals surface area contributed by atoms with Crippen molar-refractivity contribution < 1.29 is 0 Å². The molecule has 0 bridgehead atoms. The number of nitrogens with zero attached hydrogens (tertiary/aromatic N) is 3. The van der Waals surface area contributed by atoms with E-state index in [9.17, 15) is 0 Å². The Morgan fingerprint density at radius 2 is 1.61 bits per heavy atom. The Kier molecular flexibility index (Phi) is 4.48. The van der Waals surface area contributed by atoms with Gasteiger partial charge in [0.05, 0.1) is 11.0 Å². The van der Waals surface area contributed by atoms with Gasteiger partial charge >= 0.3 is 0 Å². The Hall–Kier alpha value is -2.17. The monoisotopic (exact) mass is 374 g/mol. The van der Waals surface area contributed by atoms with E-state index < -0.39 is 0 Å². The van der Waals surface area contributed by atoms with E-state index in [1.807, 2.05) is 0 Å². The molecule has 2 aliphatic heterocycles. The molecular formula is C24H30N4. The molecule has 28 heavy (non-hydrogen) atoms. The standard InChI is InChI=1S/C24H30N4/c1-24(2,19-8-4-3-5-9-19)27-14-12-20(13-15-27)28-22-11-7-6-10-21(22)26-23(28)18-16-25-17-18/h3-11,18,20,25H,12-17H2,1-2H3. The third-order valence-corrected chi connectivity index (χ3v) is 6.87. The number of piperidine rings is 1. The summed E-state index contributed by atoms with van der Waals surface area (Å²) >= 11 is 0. The lowest BCUT2D eigenvalue weighted by atomic mass is 9.89. The van der Waals surface area contributed by atoms with Crippen LogP contribution in [0.4, 0.5) is 0 Å². The number of para-hydroxylation sites is 2. The number of hydrogen-bond donors (Lipinski definition) is 1. The van der Waals surface area contributed by atoms with E-state index in [-0.39, 0.29) is 5.54 Å². The summed E-state index contributed by atoms with van der Waals surface area (Å²) in [5.41, 5.74) is 3.94. The first-order valence-electron chi connectivity index (χ1n) is 10.6. The summed E-state index contributed by atoms with van der Waals surface area (Å²) in [6.07, 6.45) is 2.37. The van der Waals surface area contributed by atoms with Crippen LogP contribution in [0, 0.1) is 0 Å². The lowest BCUT2D eigenvalue weighted by molar-refractivity contribution is 0.0751. The van der Waals surface area contributed by atoms with Gasteiger partial charge in [0.25, 0.3) is 0 Å². The van der Waals surface area contributed by atoms with Crippen LogP contribution < -0.4 is 5.32 Å². The van der Waals surface area contributed by atoms with Crippen LogP contribution in [0.2, 0.25) is 0 Å². The minimum atomic E-state index is 0.0734. The molecule has 2 saturated heterocycles. The summed E-state index contributed by atoms with van der Waals surface area (Å²) in [5, 5.41) is 3.42. The molecule has 3 aromatic rings. The molecule has 1 aromatic heterocycles. The molecule has 0 saturated carbocycles. The molecule has 4 heteroatoms. The highest BCUT2D eigenvalue weighted by Crippen LogP contribution is 2.36. The molecule has 146 valence electrons. The zero-order valence-corrected chi connectivity index (χ0v) is 16.9. The maximum Gasteiger partial charge on any atom is 0.115 e. The van der Waals surface area contributed by atoms with Crippen LogP contribution in [-0.4, -0.2) is 40.6 Å². The fourth-order valence-corrected chi connectivity index (χ4v) is 4.92. The first-order chi connectivity index (χ1) is 13.6. The number of benzene rings is 2. The molecule has 0 aliphatic carbocycles. The molecule has 2 aliphatic rings. The van der Waals surface area contributed by atoms with Crippen molar-refractivity contribution in [3.63, 3.8) is 0 Å². The van der Waals surface area contributed by atoms with E-state index in [4.69, 9.17) is 4.98 Å². The molecule has 0 spiro atoms. The maximum atomic E-state index is 5.03. The predicted octanol–water partition coefficient (Wildman–Crippen LogP) is 4.30. The van der Waals surface area contributed by atoms with Crippen LogP contribution in [0.3, 0.4) is 0 Å². The number of nitrogens with one attached hydrogen (secondary N) is 1. The summed E-state index contributed by atoms with van der Waals surface area (Å²) in [5.74, 6) is 1.85. The molecule has 5 rings (SSSR count). The number of likely N-dealkylation sites (tertiary alicyclic amines) is 1. The fraction of sp³-hybridized carbons (Fsp3) is 0.458. The molecule has 0 unspecified atom stereocenters. The van der Waals surface area contributed by atoms with Crippen LogP contribution in [0.5, 0.6) is 0 Å². The van der Waals surface area contributed by atoms with Crippen LogP contribution in [0.15, 0.2) is 54.6 Å². The first kappa shape index (κ1) is 17.9. The molecule has 2 fully saturated rings. The number of fused-ring (bicyclic) bond motifs is 1. The summed E-state index contributed by atoms with van der Waals surface area (Å²) in [4.78, 5) is 7.69. The fourth-order valence-electron chi connectivity index (χ4n) is 4.92. The summed E-state index contributed by atoms with van der Waals surface area (Å²) in [7, 11) is 0. The van der Waals surface area contributed by atoms with Gasteiger partial charge < -0.3 is 9.88 Å². The van der Waals surface area contributed by atoms with Gasteiger partial charge in [0.15, 0.2) is 0 Å². The van der Waals surface area contributed by atoms with Gasteiger partial charge in [-0.25, -0.2) is 4.98 Å². The first-order valence-corrected chi connectivity index (χ1v) is 10.6. The van der Waals surface area contributed by atoms with Gasteiger partial charge in [-0.15, -0.1) is 0 Å². The van der Waals surface area contributed by atoms with Crippen molar-refractivity contribution in [2.45, 2.75) is 44.2 Å². The van der Waals surface area contributed by atoms with Crippen molar-refractivity contribution in [2.24, 2.45) is 0 Å². The Morgan fingerprint density at radius 3 is 2.29 bits per heavy atom. The lowest BCUT2D eigenvalue weighted by Gasteiger charge is -2.44. The number of imidazole rings is 1. The number of hydrogen-bond acceptors (Lipinski definition) is 3. The van der Waals surface area contributed by atoms with Gasteiger partial charge in [-0.05, 0) is 44.4 Å². The van der Waals surface area contributed by atoms with Crippen LogP contribution >= 0.6 is 0 Å². The topological polar surface area (TPSA) is 33.1 Å². The molecule has 3 heterocycles. The number of rotatable bonds is 4. The smallest absolute Gasteiger partial charge is 0.115 e. The van der Waals surface area contributed by atoms with Gasteiger partial charge in [0.1, 0.15) is 5.82 Å². The van der Waals surface area contributed by atoms with Crippen molar-refractivity contribution in [2.75, 3.05) is 26.2 Å².